The van der Waals surface area contributed by atoms with Gasteiger partial charge in [0.15, 0.2) is 0 Å². The van der Waals surface area contributed by atoms with E-state index in [1.54, 1.807) is 0 Å². The molecule has 2 unspecified atom stereocenters. The van der Waals surface area contributed by atoms with Gasteiger partial charge in [0.25, 0.3) is 0 Å². The molecule has 0 aliphatic carbocycles. The van der Waals surface area contributed by atoms with Crippen molar-refractivity contribution < 1.29 is 18.3 Å². The second-order valence-corrected chi connectivity index (χ2v) is 4.96. The molecule has 0 aliphatic rings. The maximum absolute atomic E-state index is 11.2. The molecule has 0 saturated heterocycles. The Bertz CT molecular complexity index is 286. The zero-order valence-corrected chi connectivity index (χ0v) is 8.15. The highest BCUT2D eigenvalue weighted by Gasteiger charge is 2.33. The van der Waals surface area contributed by atoms with Gasteiger partial charge in [-0.15, -0.1) is 0 Å². The number of hydrogen-bond acceptors (Lipinski definition) is 5. The van der Waals surface area contributed by atoms with Crippen molar-refractivity contribution in [2.24, 2.45) is 11.5 Å². The molecular formula is C5H13N3O4S. The summed E-state index contributed by atoms with van der Waals surface area (Å²) in [6, 6.07) is -1.62. The molecule has 78 valence electrons. The lowest BCUT2D eigenvalue weighted by atomic mass is 10.3. The number of carboxylic acids is 1. The van der Waals surface area contributed by atoms with E-state index in [1.165, 1.54) is 14.1 Å². The quantitative estimate of drug-likeness (QED) is 0.474. The van der Waals surface area contributed by atoms with Crippen LogP contribution in [0.2, 0.25) is 0 Å². The lowest BCUT2D eigenvalue weighted by Crippen LogP contribution is -2.54. The van der Waals surface area contributed by atoms with Gasteiger partial charge in [0.05, 0.1) is 0 Å². The third-order valence-corrected chi connectivity index (χ3v) is 3.49. The second-order valence-electron chi connectivity index (χ2n) is 2.66. The largest absolute Gasteiger partial charge is 0.480 e. The summed E-state index contributed by atoms with van der Waals surface area (Å²) in [7, 11) is -1.31. The summed E-state index contributed by atoms with van der Waals surface area (Å²) in [6.07, 6.45) is 0. The highest BCUT2D eigenvalue weighted by Crippen LogP contribution is 2.02. The van der Waals surface area contributed by atoms with E-state index < -0.39 is 27.4 Å². The molecule has 0 aromatic rings. The van der Waals surface area contributed by atoms with Gasteiger partial charge in [0.1, 0.15) is 11.4 Å². The van der Waals surface area contributed by atoms with Crippen LogP contribution in [0, 0.1) is 0 Å². The minimum Gasteiger partial charge on any atom is -0.480 e. The number of carboxylic acid groups (broad SMARTS) is 1. The molecule has 0 rings (SSSR count). The van der Waals surface area contributed by atoms with Crippen molar-refractivity contribution in [2.75, 3.05) is 14.1 Å². The molecule has 0 radical (unpaired) electrons. The predicted molar refractivity (Wildman–Crippen MR) is 46.2 cm³/mol. The summed E-state index contributed by atoms with van der Waals surface area (Å²) in [5.41, 5.74) is 10.2. The molecule has 7 nitrogen and oxygen atoms in total. The third kappa shape index (κ3) is 2.62. The van der Waals surface area contributed by atoms with Crippen LogP contribution >= 0.6 is 0 Å². The molecule has 13 heavy (non-hydrogen) atoms. The number of nitrogens with two attached hydrogens (primary N) is 2. The summed E-state index contributed by atoms with van der Waals surface area (Å²) in [6.45, 7) is 0. The topological polar surface area (TPSA) is 127 Å². The first-order chi connectivity index (χ1) is 5.71. The molecule has 0 aromatic heterocycles. The molecule has 0 aromatic carbocycles. The molecule has 0 amide bonds. The monoisotopic (exact) mass is 211 g/mol. The van der Waals surface area contributed by atoms with Crippen LogP contribution < -0.4 is 11.5 Å². The van der Waals surface area contributed by atoms with Crippen LogP contribution in [-0.4, -0.2) is 49.3 Å². The molecular weight excluding hydrogens is 198 g/mol. The van der Waals surface area contributed by atoms with Crippen molar-refractivity contribution in [2.45, 2.75) is 11.4 Å². The SMILES string of the molecule is CN(C)S(=O)(=O)C(N)C(N)C(=O)O. The van der Waals surface area contributed by atoms with Crippen molar-refractivity contribution >= 4 is 16.0 Å². The van der Waals surface area contributed by atoms with Crippen molar-refractivity contribution in [1.82, 2.24) is 4.31 Å². The summed E-state index contributed by atoms with van der Waals surface area (Å²) in [5.74, 6) is -1.45. The number of carbonyl (C=O) groups is 1. The number of aliphatic carboxylic acids is 1. The Hall–Kier alpha value is -0.700. The normalized spacial score (nSPS) is 17.0. The second kappa shape index (κ2) is 4.01. The number of rotatable bonds is 4. The Morgan fingerprint density at radius 3 is 2.00 bits per heavy atom. The van der Waals surface area contributed by atoms with E-state index in [4.69, 9.17) is 16.6 Å². The Morgan fingerprint density at radius 1 is 1.38 bits per heavy atom. The molecule has 0 heterocycles. The lowest BCUT2D eigenvalue weighted by Gasteiger charge is -2.20. The minimum atomic E-state index is -3.82. The maximum Gasteiger partial charge on any atom is 0.323 e. The standard InChI is InChI=1S/C5H13N3O4S/c1-8(2)13(11,12)4(7)3(6)5(9)10/h3-4H,6-7H2,1-2H3,(H,9,10). The Balaban J connectivity index is 4.80. The van der Waals surface area contributed by atoms with Crippen molar-refractivity contribution in [3.63, 3.8) is 0 Å². The van der Waals surface area contributed by atoms with Crippen LogP contribution in [0.5, 0.6) is 0 Å². The van der Waals surface area contributed by atoms with E-state index in [9.17, 15) is 13.2 Å². The van der Waals surface area contributed by atoms with Gasteiger partial charge in [-0.1, -0.05) is 0 Å². The minimum absolute atomic E-state index is 0.834. The van der Waals surface area contributed by atoms with E-state index in [0.29, 0.717) is 0 Å². The zero-order chi connectivity index (χ0) is 10.8. The first-order valence-electron chi connectivity index (χ1n) is 3.36. The van der Waals surface area contributed by atoms with E-state index >= 15 is 0 Å². The van der Waals surface area contributed by atoms with Crippen molar-refractivity contribution in [3.05, 3.63) is 0 Å². The fraction of sp³-hybridized carbons (Fsp3) is 0.800. The molecule has 2 atom stereocenters. The summed E-state index contributed by atoms with van der Waals surface area (Å²) >= 11 is 0. The van der Waals surface area contributed by atoms with Gasteiger partial charge in [0, 0.05) is 14.1 Å². The van der Waals surface area contributed by atoms with Crippen LogP contribution in [0.25, 0.3) is 0 Å². The van der Waals surface area contributed by atoms with Gasteiger partial charge >= 0.3 is 5.97 Å². The van der Waals surface area contributed by atoms with Crippen molar-refractivity contribution in [3.8, 4) is 0 Å². The molecule has 0 saturated carbocycles. The van der Waals surface area contributed by atoms with Gasteiger partial charge < -0.3 is 16.6 Å². The highest BCUT2D eigenvalue weighted by molar-refractivity contribution is 7.89. The van der Waals surface area contributed by atoms with E-state index in [1.807, 2.05) is 0 Å². The van der Waals surface area contributed by atoms with Gasteiger partial charge in [0.2, 0.25) is 10.0 Å². The van der Waals surface area contributed by atoms with Gasteiger partial charge in [-0.25, -0.2) is 12.7 Å². The summed E-state index contributed by atoms with van der Waals surface area (Å²) < 4.78 is 23.3. The maximum atomic E-state index is 11.2. The van der Waals surface area contributed by atoms with E-state index in [-0.39, 0.29) is 0 Å². The predicted octanol–water partition coefficient (Wildman–Crippen LogP) is -2.43. The zero-order valence-electron chi connectivity index (χ0n) is 7.34. The molecule has 0 fully saturated rings. The Morgan fingerprint density at radius 2 is 1.77 bits per heavy atom. The lowest BCUT2D eigenvalue weighted by molar-refractivity contribution is -0.138. The highest BCUT2D eigenvalue weighted by atomic mass is 32.2. The number of nitrogens with zero attached hydrogens (tertiary/aromatic N) is 1. The number of sulfonamides is 1. The van der Waals surface area contributed by atoms with Crippen LogP contribution in [-0.2, 0) is 14.8 Å². The Labute approximate surface area is 76.4 Å². The summed E-state index contributed by atoms with van der Waals surface area (Å²) in [4.78, 5) is 10.3. The van der Waals surface area contributed by atoms with Crippen LogP contribution in [0.4, 0.5) is 0 Å². The average molecular weight is 211 g/mol. The fourth-order valence-electron chi connectivity index (χ4n) is 0.569. The summed E-state index contributed by atoms with van der Waals surface area (Å²) in [5, 5.41) is 6.78. The fourth-order valence-corrected chi connectivity index (χ4v) is 1.54. The average Bonchev–Trinajstić information content (AvgIpc) is 2.01. The van der Waals surface area contributed by atoms with Gasteiger partial charge in [-0.05, 0) is 0 Å². The third-order valence-electron chi connectivity index (χ3n) is 1.49. The van der Waals surface area contributed by atoms with E-state index in [2.05, 4.69) is 0 Å². The van der Waals surface area contributed by atoms with Gasteiger partial charge in [-0.3, -0.25) is 4.79 Å². The van der Waals surface area contributed by atoms with Crippen LogP contribution in [0.1, 0.15) is 0 Å². The van der Waals surface area contributed by atoms with Crippen LogP contribution in [0.15, 0.2) is 0 Å². The molecule has 0 bridgehead atoms. The molecule has 0 aliphatic heterocycles. The molecule has 8 heteroatoms. The van der Waals surface area contributed by atoms with Crippen molar-refractivity contribution in [1.29, 1.82) is 0 Å². The van der Waals surface area contributed by atoms with E-state index in [0.717, 1.165) is 4.31 Å². The smallest absolute Gasteiger partial charge is 0.323 e. The van der Waals surface area contributed by atoms with Gasteiger partial charge in [-0.2, -0.15) is 0 Å². The number of hydrogen-bond donors (Lipinski definition) is 3. The molecule has 0 spiro atoms. The van der Waals surface area contributed by atoms with Crippen LogP contribution in [0.3, 0.4) is 0 Å². The molecule has 5 N–H and O–H groups in total. The first-order valence-corrected chi connectivity index (χ1v) is 4.87. The first kappa shape index (κ1) is 12.3. The Kier molecular flexibility index (Phi) is 3.79.